The summed E-state index contributed by atoms with van der Waals surface area (Å²) in [6.07, 6.45) is 0.254. The Kier molecular flexibility index (Phi) is 7.25. The minimum absolute atomic E-state index is 0.00564. The number of phenolic OH excluding ortho intramolecular Hbond substituents is 1. The van der Waals surface area contributed by atoms with Gasteiger partial charge in [0, 0.05) is 24.7 Å². The molecule has 3 heterocycles. The summed E-state index contributed by atoms with van der Waals surface area (Å²) in [6.45, 7) is 6.01. The number of carbonyl (C=O) groups is 1. The first kappa shape index (κ1) is 23.0. The van der Waals surface area contributed by atoms with E-state index in [2.05, 4.69) is 27.1 Å². The largest absolute Gasteiger partial charge is 0.507 e. The molecule has 10 heteroatoms. The zero-order valence-corrected chi connectivity index (χ0v) is 17.8. The van der Waals surface area contributed by atoms with Crippen molar-refractivity contribution in [2.45, 2.75) is 32.4 Å². The van der Waals surface area contributed by atoms with Gasteiger partial charge in [0.1, 0.15) is 5.75 Å². The highest BCUT2D eigenvalue weighted by molar-refractivity contribution is 5.78. The predicted octanol–water partition coefficient (Wildman–Crippen LogP) is 2.34. The lowest BCUT2D eigenvalue weighted by Gasteiger charge is -2.34. The number of likely N-dealkylation sites (N-methyl/N-ethyl adjacent to an activating group) is 1. The summed E-state index contributed by atoms with van der Waals surface area (Å²) in [6, 6.07) is 9.10. The number of fused-ring (bicyclic) bond motifs is 1. The second-order valence-electron chi connectivity index (χ2n) is 7.52. The molecule has 10 nitrogen and oxygen atoms in total. The lowest BCUT2D eigenvalue weighted by molar-refractivity contribution is -0.122. The quantitative estimate of drug-likeness (QED) is 0.445. The fourth-order valence-electron chi connectivity index (χ4n) is 3.88. The van der Waals surface area contributed by atoms with Crippen molar-refractivity contribution in [1.29, 1.82) is 5.26 Å². The Morgan fingerprint density at radius 1 is 1.34 bits per heavy atom. The Hall–Kier alpha value is -3.68. The highest BCUT2D eigenvalue weighted by atomic mass is 16.4. The van der Waals surface area contributed by atoms with Crippen LogP contribution in [0.4, 0.5) is 6.01 Å². The van der Waals surface area contributed by atoms with E-state index in [9.17, 15) is 10.2 Å². The highest BCUT2D eigenvalue weighted by Gasteiger charge is 2.26. The van der Waals surface area contributed by atoms with Gasteiger partial charge < -0.3 is 25.1 Å². The van der Waals surface area contributed by atoms with E-state index in [1.54, 1.807) is 18.2 Å². The van der Waals surface area contributed by atoms with E-state index in [1.807, 2.05) is 13.0 Å². The number of phenols is 1. The number of piperidine rings is 1. The average molecular weight is 439 g/mol. The van der Waals surface area contributed by atoms with Gasteiger partial charge in [0.25, 0.3) is 12.5 Å². The minimum Gasteiger partial charge on any atom is -0.507 e. The summed E-state index contributed by atoms with van der Waals surface area (Å²) in [5, 5.41) is 39.6. The number of benzene rings is 1. The van der Waals surface area contributed by atoms with Crippen molar-refractivity contribution in [3.63, 3.8) is 0 Å². The Morgan fingerprint density at radius 3 is 2.75 bits per heavy atom. The van der Waals surface area contributed by atoms with Gasteiger partial charge in [-0.2, -0.15) is 10.2 Å². The van der Waals surface area contributed by atoms with Gasteiger partial charge >= 0.3 is 0 Å². The molecule has 3 aromatic rings. The smallest absolute Gasteiger partial charge is 0.297 e. The van der Waals surface area contributed by atoms with E-state index in [4.69, 9.17) is 19.6 Å². The number of likely N-dealkylation sites (tertiary alicyclic amines) is 1. The van der Waals surface area contributed by atoms with Gasteiger partial charge in [-0.05, 0) is 49.7 Å². The zero-order chi connectivity index (χ0) is 23.3. The fraction of sp³-hybridized carbons (Fsp3) is 0.364. The molecule has 0 aliphatic carbocycles. The molecule has 0 saturated carbocycles. The Balaban J connectivity index is 0.000000913. The van der Waals surface area contributed by atoms with Crippen molar-refractivity contribution in [3.8, 4) is 23.1 Å². The van der Waals surface area contributed by atoms with Gasteiger partial charge in [-0.3, -0.25) is 9.69 Å². The Labute approximate surface area is 184 Å². The molecule has 168 valence electrons. The topological polar surface area (TPSA) is 156 Å². The molecular weight excluding hydrogens is 414 g/mol. The Morgan fingerprint density at radius 2 is 2.09 bits per heavy atom. The molecule has 1 fully saturated rings. The first-order chi connectivity index (χ1) is 15.4. The van der Waals surface area contributed by atoms with Crippen LogP contribution < -0.4 is 5.32 Å². The number of aromatic nitrogens is 2. The number of nitriles is 1. The normalized spacial score (nSPS) is 18.4. The average Bonchev–Trinajstić information content (AvgIpc) is 3.14. The first-order valence-corrected chi connectivity index (χ1v) is 10.1. The lowest BCUT2D eigenvalue weighted by atomic mass is 10.0. The van der Waals surface area contributed by atoms with Crippen LogP contribution in [0.5, 0.6) is 5.75 Å². The van der Waals surface area contributed by atoms with Gasteiger partial charge in [0.15, 0.2) is 5.58 Å². The molecule has 0 amide bonds. The zero-order valence-electron chi connectivity index (χ0n) is 17.8. The molecule has 4 N–H and O–H groups in total. The molecule has 1 aliphatic rings. The number of nitrogens with zero attached hydrogens (tertiary/aromatic N) is 4. The van der Waals surface area contributed by atoms with Crippen molar-refractivity contribution in [2.75, 3.05) is 25.0 Å². The maximum atomic E-state index is 10.3. The van der Waals surface area contributed by atoms with Crippen molar-refractivity contribution in [3.05, 3.63) is 35.4 Å². The van der Waals surface area contributed by atoms with Crippen LogP contribution in [0.25, 0.3) is 22.5 Å². The van der Waals surface area contributed by atoms with Crippen molar-refractivity contribution >= 4 is 23.7 Å². The van der Waals surface area contributed by atoms with Crippen LogP contribution in [0.2, 0.25) is 0 Å². The summed E-state index contributed by atoms with van der Waals surface area (Å²) in [5.41, 5.74) is 3.24. The van der Waals surface area contributed by atoms with Crippen molar-refractivity contribution < 1.29 is 24.5 Å². The second kappa shape index (κ2) is 10.1. The van der Waals surface area contributed by atoms with Gasteiger partial charge in [-0.25, -0.2) is 4.98 Å². The van der Waals surface area contributed by atoms with E-state index in [0.717, 1.165) is 18.7 Å². The highest BCUT2D eigenvalue weighted by Crippen LogP contribution is 2.33. The SMILES string of the molecule is CCN1C[C@@H](O)C[C@H](Nc2nc3nc(-c4c(C)cc(C#N)cc4O)ccc3o2)C1.O=CO. The third-order valence-corrected chi connectivity index (χ3v) is 5.23. The molecule has 0 spiro atoms. The minimum atomic E-state index is -0.377. The summed E-state index contributed by atoms with van der Waals surface area (Å²) in [5.74, 6) is 0.00564. The first-order valence-electron chi connectivity index (χ1n) is 10.1. The van der Waals surface area contributed by atoms with E-state index < -0.39 is 0 Å². The fourth-order valence-corrected chi connectivity index (χ4v) is 3.88. The maximum Gasteiger partial charge on any atom is 0.297 e. The number of nitrogens with one attached hydrogen (secondary N) is 1. The number of β-amino-alcohol motifs (C(OH)–C–C–N with tert-alkyl or cyclic N) is 1. The van der Waals surface area contributed by atoms with Gasteiger partial charge in [-0.15, -0.1) is 0 Å². The molecule has 1 aromatic carbocycles. The molecule has 0 radical (unpaired) electrons. The Bertz CT molecular complexity index is 1120. The number of hydrogen-bond acceptors (Lipinski definition) is 9. The molecule has 4 rings (SSSR count). The standard InChI is InChI=1S/C21H23N5O3.CH2O2/c1-3-26-10-14(8-15(27)11-26)23-21-25-20-18(29-21)5-4-16(24-20)19-12(2)6-13(9-22)7-17(19)28;2-1-3/h4-7,14-15,27-28H,3,8,10-11H2,1-2H3,(H,23,24,25);1H,(H,2,3)/t14-,15-;/m0./s1. The van der Waals surface area contributed by atoms with E-state index in [1.165, 1.54) is 6.07 Å². The number of anilines is 1. The van der Waals surface area contributed by atoms with Crippen LogP contribution in [-0.2, 0) is 4.79 Å². The van der Waals surface area contributed by atoms with Crippen LogP contribution in [0, 0.1) is 18.3 Å². The van der Waals surface area contributed by atoms with Crippen LogP contribution in [0.3, 0.4) is 0 Å². The van der Waals surface area contributed by atoms with Crippen molar-refractivity contribution in [1.82, 2.24) is 14.9 Å². The van der Waals surface area contributed by atoms with Gasteiger partial charge in [0.05, 0.1) is 23.4 Å². The number of pyridine rings is 1. The molecule has 0 unspecified atom stereocenters. The van der Waals surface area contributed by atoms with Crippen LogP contribution in [0.1, 0.15) is 24.5 Å². The second-order valence-corrected chi connectivity index (χ2v) is 7.52. The molecule has 1 aliphatic heterocycles. The number of carboxylic acid groups (broad SMARTS) is 1. The molecule has 1 saturated heterocycles. The van der Waals surface area contributed by atoms with E-state index in [-0.39, 0.29) is 24.4 Å². The third kappa shape index (κ3) is 5.14. The van der Waals surface area contributed by atoms with Crippen LogP contribution in [-0.4, -0.2) is 68.4 Å². The monoisotopic (exact) mass is 439 g/mol. The number of hydrogen-bond donors (Lipinski definition) is 4. The number of oxazole rings is 1. The van der Waals surface area contributed by atoms with Crippen LogP contribution >= 0.6 is 0 Å². The number of aromatic hydroxyl groups is 1. The van der Waals surface area contributed by atoms with Gasteiger partial charge in [-0.1, -0.05) is 6.92 Å². The van der Waals surface area contributed by atoms with Crippen LogP contribution in [0.15, 0.2) is 28.7 Å². The summed E-state index contributed by atoms with van der Waals surface area (Å²) in [4.78, 5) is 19.5. The van der Waals surface area contributed by atoms with E-state index in [0.29, 0.717) is 47.0 Å². The van der Waals surface area contributed by atoms with Gasteiger partial charge in [0.2, 0.25) is 5.65 Å². The van der Waals surface area contributed by atoms with E-state index >= 15 is 0 Å². The number of aliphatic hydroxyl groups excluding tert-OH is 1. The molecule has 2 atom stereocenters. The molecule has 32 heavy (non-hydrogen) atoms. The summed E-state index contributed by atoms with van der Waals surface area (Å²) < 4.78 is 5.77. The molecular formula is C22H25N5O5. The summed E-state index contributed by atoms with van der Waals surface area (Å²) in [7, 11) is 0. The lowest BCUT2D eigenvalue weighted by Crippen LogP contribution is -2.48. The van der Waals surface area contributed by atoms with Crippen molar-refractivity contribution in [2.24, 2.45) is 0 Å². The molecule has 0 bridgehead atoms. The maximum absolute atomic E-state index is 10.3. The number of rotatable bonds is 4. The number of aliphatic hydroxyl groups is 1. The number of aryl methyl sites for hydroxylation is 1. The predicted molar refractivity (Wildman–Crippen MR) is 117 cm³/mol. The molecule has 2 aromatic heterocycles. The summed E-state index contributed by atoms with van der Waals surface area (Å²) >= 11 is 0. The third-order valence-electron chi connectivity index (χ3n) is 5.23.